The maximum atomic E-state index is 12.5. The van der Waals surface area contributed by atoms with E-state index in [2.05, 4.69) is 10.1 Å². The number of aromatic nitrogens is 2. The van der Waals surface area contributed by atoms with Crippen molar-refractivity contribution in [1.29, 1.82) is 0 Å². The van der Waals surface area contributed by atoms with Crippen LogP contribution < -0.4 is 0 Å². The van der Waals surface area contributed by atoms with E-state index in [1.54, 1.807) is 0 Å². The molecule has 1 saturated heterocycles. The zero-order valence-corrected chi connectivity index (χ0v) is 13.0. The van der Waals surface area contributed by atoms with Crippen molar-refractivity contribution in [2.24, 2.45) is 5.92 Å². The fraction of sp³-hybridized carbons (Fsp3) is 0.571. The Morgan fingerprint density at radius 2 is 2.13 bits per heavy atom. The van der Waals surface area contributed by atoms with E-state index in [1.165, 1.54) is 11.3 Å². The molecule has 3 rings (SSSR count). The summed E-state index contributed by atoms with van der Waals surface area (Å²) in [5, 5.41) is 17.1. The molecule has 1 fully saturated rings. The second-order valence-electron chi connectivity index (χ2n) is 5.62. The molecule has 0 bridgehead atoms. The monoisotopic (exact) mass is 347 g/mol. The molecule has 0 radical (unpaired) electrons. The summed E-state index contributed by atoms with van der Waals surface area (Å²) in [5.41, 5.74) is 0.886. The van der Waals surface area contributed by atoms with E-state index in [9.17, 15) is 18.3 Å². The van der Waals surface area contributed by atoms with Gasteiger partial charge in [-0.3, -0.25) is 4.90 Å². The molecule has 1 aliphatic heterocycles. The van der Waals surface area contributed by atoms with E-state index in [1.807, 2.05) is 21.7 Å². The third-order valence-electron chi connectivity index (χ3n) is 4.02. The van der Waals surface area contributed by atoms with Crippen LogP contribution in [0.2, 0.25) is 0 Å². The molecule has 1 atom stereocenters. The van der Waals surface area contributed by atoms with Gasteiger partial charge in [0, 0.05) is 10.9 Å². The Balaban J connectivity index is 1.53. The van der Waals surface area contributed by atoms with Crippen molar-refractivity contribution in [1.82, 2.24) is 15.0 Å². The molecular formula is C14H16F3N3O2S. The number of piperidine rings is 1. The highest BCUT2D eigenvalue weighted by atomic mass is 32.1. The smallest absolute Gasteiger partial charge is 0.383 e. The van der Waals surface area contributed by atoms with Gasteiger partial charge in [0.1, 0.15) is 0 Å². The van der Waals surface area contributed by atoms with Gasteiger partial charge in [0.05, 0.1) is 6.54 Å². The van der Waals surface area contributed by atoms with Crippen LogP contribution in [-0.4, -0.2) is 45.5 Å². The first kappa shape index (κ1) is 16.4. The van der Waals surface area contributed by atoms with Crippen molar-refractivity contribution in [3.05, 3.63) is 22.7 Å². The largest absolute Gasteiger partial charge is 0.414 e. The fourth-order valence-corrected chi connectivity index (χ4v) is 3.35. The summed E-state index contributed by atoms with van der Waals surface area (Å²) in [4.78, 5) is 6.26. The highest BCUT2D eigenvalue weighted by Gasteiger charge is 2.44. The Kier molecular flexibility index (Phi) is 4.69. The lowest BCUT2D eigenvalue weighted by Crippen LogP contribution is -2.43. The van der Waals surface area contributed by atoms with Gasteiger partial charge in [-0.15, -0.1) is 0 Å². The first-order valence-electron chi connectivity index (χ1n) is 7.26. The Morgan fingerprint density at radius 3 is 2.74 bits per heavy atom. The second kappa shape index (κ2) is 6.58. The van der Waals surface area contributed by atoms with Crippen LogP contribution in [0.5, 0.6) is 0 Å². The summed E-state index contributed by atoms with van der Waals surface area (Å²) in [7, 11) is 0. The van der Waals surface area contributed by atoms with Crippen molar-refractivity contribution in [3.8, 4) is 11.4 Å². The van der Waals surface area contributed by atoms with Crippen LogP contribution in [0.4, 0.5) is 13.2 Å². The van der Waals surface area contributed by atoms with Gasteiger partial charge in [-0.25, -0.2) is 0 Å². The number of halogens is 3. The number of nitrogens with zero attached hydrogens (tertiary/aromatic N) is 3. The number of likely N-dealkylation sites (tertiary alicyclic amines) is 1. The van der Waals surface area contributed by atoms with Gasteiger partial charge in [-0.1, -0.05) is 5.16 Å². The van der Waals surface area contributed by atoms with Gasteiger partial charge in [0.15, 0.2) is 6.10 Å². The maximum absolute atomic E-state index is 12.5. The highest BCUT2D eigenvalue weighted by Crippen LogP contribution is 2.32. The number of hydrogen-bond donors (Lipinski definition) is 1. The van der Waals surface area contributed by atoms with Gasteiger partial charge in [0.2, 0.25) is 11.7 Å². The molecule has 2 aromatic rings. The van der Waals surface area contributed by atoms with Crippen LogP contribution in [0.15, 0.2) is 21.3 Å². The topological polar surface area (TPSA) is 62.4 Å². The fourth-order valence-electron chi connectivity index (χ4n) is 2.71. The zero-order chi connectivity index (χ0) is 16.4. The van der Waals surface area contributed by atoms with Gasteiger partial charge >= 0.3 is 6.18 Å². The van der Waals surface area contributed by atoms with E-state index >= 15 is 0 Å². The van der Waals surface area contributed by atoms with Gasteiger partial charge < -0.3 is 9.63 Å². The first-order chi connectivity index (χ1) is 10.9. The highest BCUT2D eigenvalue weighted by molar-refractivity contribution is 7.08. The van der Waals surface area contributed by atoms with Crippen LogP contribution in [0, 0.1) is 5.92 Å². The SMILES string of the molecule is OC(C1CCN(Cc2nc(-c3ccsc3)no2)CC1)C(F)(F)F. The average Bonchev–Trinajstić information content (AvgIpc) is 3.17. The third-order valence-corrected chi connectivity index (χ3v) is 4.70. The summed E-state index contributed by atoms with van der Waals surface area (Å²) in [6.45, 7) is 1.34. The van der Waals surface area contributed by atoms with Crippen molar-refractivity contribution < 1.29 is 22.8 Å². The lowest BCUT2D eigenvalue weighted by atomic mass is 9.91. The number of rotatable bonds is 4. The standard InChI is InChI=1S/C14H16F3N3O2S/c15-14(16,17)12(21)9-1-4-20(5-2-9)7-11-18-13(19-22-11)10-3-6-23-8-10/h3,6,8-9,12,21H,1-2,4-5,7H2. The van der Waals surface area contributed by atoms with Crippen LogP contribution in [0.1, 0.15) is 18.7 Å². The first-order valence-corrected chi connectivity index (χ1v) is 8.20. The van der Waals surface area contributed by atoms with Crippen molar-refractivity contribution in [2.45, 2.75) is 31.7 Å². The minimum Gasteiger partial charge on any atom is -0.383 e. The third kappa shape index (κ3) is 3.91. The molecule has 23 heavy (non-hydrogen) atoms. The Morgan fingerprint density at radius 1 is 1.39 bits per heavy atom. The zero-order valence-electron chi connectivity index (χ0n) is 12.2. The molecule has 3 heterocycles. The molecule has 5 nitrogen and oxygen atoms in total. The molecule has 126 valence electrons. The van der Waals surface area contributed by atoms with Gasteiger partial charge in [0.25, 0.3) is 0 Å². The van der Waals surface area contributed by atoms with Crippen molar-refractivity contribution in [2.75, 3.05) is 13.1 Å². The molecule has 1 N–H and O–H groups in total. The number of aliphatic hydroxyl groups excluding tert-OH is 1. The summed E-state index contributed by atoms with van der Waals surface area (Å²) in [6, 6.07) is 1.89. The normalized spacial score (nSPS) is 19.1. The maximum Gasteiger partial charge on any atom is 0.414 e. The predicted molar refractivity (Wildman–Crippen MR) is 77.7 cm³/mol. The van der Waals surface area contributed by atoms with E-state index in [0.29, 0.717) is 44.2 Å². The number of aliphatic hydroxyl groups is 1. The minimum absolute atomic E-state index is 0.298. The number of alkyl halides is 3. The van der Waals surface area contributed by atoms with Crippen LogP contribution in [0.25, 0.3) is 11.4 Å². The molecule has 0 amide bonds. The lowest BCUT2D eigenvalue weighted by Gasteiger charge is -2.33. The minimum atomic E-state index is -4.55. The van der Waals surface area contributed by atoms with Crippen LogP contribution in [0.3, 0.4) is 0 Å². The molecule has 9 heteroatoms. The molecular weight excluding hydrogens is 331 g/mol. The number of thiophene rings is 1. The lowest BCUT2D eigenvalue weighted by molar-refractivity contribution is -0.223. The van der Waals surface area contributed by atoms with E-state index in [0.717, 1.165) is 5.56 Å². The van der Waals surface area contributed by atoms with Crippen molar-refractivity contribution >= 4 is 11.3 Å². The summed E-state index contributed by atoms with van der Waals surface area (Å²) >= 11 is 1.54. The van der Waals surface area contributed by atoms with Crippen LogP contribution in [-0.2, 0) is 6.54 Å². The van der Waals surface area contributed by atoms with E-state index < -0.39 is 18.2 Å². The molecule has 1 aliphatic rings. The molecule has 1 unspecified atom stereocenters. The Bertz CT molecular complexity index is 622. The molecule has 0 spiro atoms. The summed E-state index contributed by atoms with van der Waals surface area (Å²) in [5.74, 6) is 0.222. The Hall–Kier alpha value is -1.45. The molecule has 0 aromatic carbocycles. The second-order valence-corrected chi connectivity index (χ2v) is 6.40. The molecule has 0 aliphatic carbocycles. The Labute approximate surface area is 134 Å². The van der Waals surface area contributed by atoms with Gasteiger partial charge in [-0.2, -0.15) is 29.5 Å². The van der Waals surface area contributed by atoms with Crippen LogP contribution >= 0.6 is 11.3 Å². The van der Waals surface area contributed by atoms with E-state index in [4.69, 9.17) is 4.52 Å². The number of hydrogen-bond acceptors (Lipinski definition) is 6. The van der Waals surface area contributed by atoms with Crippen molar-refractivity contribution in [3.63, 3.8) is 0 Å². The molecule has 0 saturated carbocycles. The summed E-state index contributed by atoms with van der Waals surface area (Å²) < 4.78 is 42.7. The van der Waals surface area contributed by atoms with Gasteiger partial charge in [-0.05, 0) is 43.3 Å². The van der Waals surface area contributed by atoms with E-state index in [-0.39, 0.29) is 0 Å². The molecule has 2 aromatic heterocycles. The predicted octanol–water partition coefficient (Wildman–Crippen LogP) is 2.93. The quantitative estimate of drug-likeness (QED) is 0.921. The average molecular weight is 347 g/mol. The summed E-state index contributed by atoms with van der Waals surface area (Å²) in [6.07, 6.45) is -6.19.